The standard InChI is InChI=1S/C28H28P2.C3H6.ClHO4.Pd/c1-23(29(25-15-7-3-8-16-25)26-17-9-4-10-18-26)24(2)30(27-19-11-5-12-20-27)28-21-13-6-14-22-28;1-3-2;2-1(3,4)5;/h3-24H,1-2H3;3H,1H2,2H3;(H,2,3,4,5);/p-1/t23-,24-;;;/m0.../s1. The Bertz CT molecular complexity index is 1010. The fraction of sp³-hybridized carbons (Fsp3) is 0.161. The molecule has 0 saturated carbocycles. The van der Waals surface area contributed by atoms with Gasteiger partial charge in [-0.05, 0) is 55.3 Å². The van der Waals surface area contributed by atoms with E-state index in [2.05, 4.69) is 142 Å². The third-order valence-electron chi connectivity index (χ3n) is 5.65. The first-order chi connectivity index (χ1) is 18.2. The van der Waals surface area contributed by atoms with Gasteiger partial charge in [0.1, 0.15) is 0 Å². The van der Waals surface area contributed by atoms with Gasteiger partial charge in [-0.3, -0.25) is 0 Å². The molecule has 0 heterocycles. The van der Waals surface area contributed by atoms with Crippen LogP contribution in [0.3, 0.4) is 0 Å². The van der Waals surface area contributed by atoms with Crippen molar-refractivity contribution in [2.45, 2.75) is 32.1 Å². The Hall–Kier alpha value is -1.73. The average Bonchev–Trinajstić information content (AvgIpc) is 2.91. The molecule has 39 heavy (non-hydrogen) atoms. The summed E-state index contributed by atoms with van der Waals surface area (Å²) < 4.78 is 34.0. The van der Waals surface area contributed by atoms with E-state index in [4.69, 9.17) is 18.6 Å². The smallest absolute Gasteiger partial charge is 0 e. The summed E-state index contributed by atoms with van der Waals surface area (Å²) >= 11 is 0. The normalized spacial score (nSPS) is 12.1. The molecule has 0 unspecified atom stereocenters. The number of hydrogen-bond acceptors (Lipinski definition) is 4. The Morgan fingerprint density at radius 3 is 0.846 bits per heavy atom. The number of halogens is 1. The van der Waals surface area contributed by atoms with Crippen LogP contribution in [0.5, 0.6) is 0 Å². The van der Waals surface area contributed by atoms with E-state index < -0.39 is 26.1 Å². The monoisotopic (exact) mass is 673 g/mol. The molecule has 8 heteroatoms. The number of benzene rings is 4. The van der Waals surface area contributed by atoms with Crippen molar-refractivity contribution < 1.29 is 49.3 Å². The van der Waals surface area contributed by atoms with Crippen LogP contribution >= 0.6 is 15.8 Å². The van der Waals surface area contributed by atoms with Crippen molar-refractivity contribution in [3.05, 3.63) is 134 Å². The van der Waals surface area contributed by atoms with Crippen LogP contribution in [0.4, 0.5) is 0 Å². The predicted octanol–water partition coefficient (Wildman–Crippen LogP) is 2.46. The van der Waals surface area contributed by atoms with E-state index in [0.29, 0.717) is 11.3 Å². The molecule has 0 saturated heterocycles. The summed E-state index contributed by atoms with van der Waals surface area (Å²) in [6, 6.07) is 44.5. The van der Waals surface area contributed by atoms with Crippen LogP contribution in [0.15, 0.2) is 134 Å². The Morgan fingerprint density at radius 1 is 0.538 bits per heavy atom. The second kappa shape index (κ2) is 18.6. The summed E-state index contributed by atoms with van der Waals surface area (Å²) in [4.78, 5) is 0. The SMILES string of the molecule is C=CC.C[C@@H]([C@H](C)P(c1ccccc1)c1ccccc1)P(c1ccccc1)c1ccccc1.[O-][Cl+3]([O-])([O-])[O-].[Pd]. The molecule has 0 radical (unpaired) electrons. The van der Waals surface area contributed by atoms with Gasteiger partial charge in [0.2, 0.25) is 0 Å². The molecular formula is C31H34ClO4P2Pd-. The first-order valence-electron chi connectivity index (χ1n) is 12.1. The molecule has 2 atom stereocenters. The van der Waals surface area contributed by atoms with E-state index >= 15 is 0 Å². The average molecular weight is 674 g/mol. The van der Waals surface area contributed by atoms with E-state index in [9.17, 15) is 0 Å². The van der Waals surface area contributed by atoms with Gasteiger partial charge in [-0.2, -0.15) is 0 Å². The largest absolute Gasteiger partial charge is 0.222 e. The molecule has 0 amide bonds. The zero-order valence-corrected chi connectivity index (χ0v) is 26.3. The molecule has 0 aliphatic rings. The molecule has 4 aromatic rings. The van der Waals surface area contributed by atoms with Gasteiger partial charge in [0.25, 0.3) is 0 Å². The third-order valence-corrected chi connectivity index (χ3v) is 11.8. The second-order valence-electron chi connectivity index (χ2n) is 8.35. The van der Waals surface area contributed by atoms with E-state index in [1.165, 1.54) is 21.2 Å². The summed E-state index contributed by atoms with van der Waals surface area (Å²) in [6.45, 7) is 10.2. The van der Waals surface area contributed by atoms with Crippen molar-refractivity contribution in [3.63, 3.8) is 0 Å². The van der Waals surface area contributed by atoms with Crippen LogP contribution in [0.2, 0.25) is 0 Å². The molecule has 0 aliphatic carbocycles. The van der Waals surface area contributed by atoms with Crippen LogP contribution in [-0.4, -0.2) is 11.3 Å². The number of rotatable bonds is 7. The van der Waals surface area contributed by atoms with E-state index in [1.807, 2.05) is 6.92 Å². The molecule has 0 spiro atoms. The van der Waals surface area contributed by atoms with Crippen molar-refractivity contribution in [2.75, 3.05) is 0 Å². The molecule has 4 aromatic carbocycles. The third kappa shape index (κ3) is 12.5. The molecule has 0 N–H and O–H groups in total. The van der Waals surface area contributed by atoms with Crippen LogP contribution < -0.4 is 39.9 Å². The van der Waals surface area contributed by atoms with Crippen molar-refractivity contribution in [1.82, 2.24) is 0 Å². The van der Waals surface area contributed by atoms with Crippen molar-refractivity contribution in [3.8, 4) is 0 Å². The first-order valence-corrected chi connectivity index (χ1v) is 16.2. The quantitative estimate of drug-likeness (QED) is 0.171. The van der Waals surface area contributed by atoms with Gasteiger partial charge in [-0.25, -0.2) is 18.6 Å². The number of allylic oxidation sites excluding steroid dienone is 1. The Balaban J connectivity index is 0.000000749. The van der Waals surface area contributed by atoms with Gasteiger partial charge in [-0.15, -0.1) is 16.8 Å². The van der Waals surface area contributed by atoms with E-state index in [-0.39, 0.29) is 20.4 Å². The predicted molar refractivity (Wildman–Crippen MR) is 153 cm³/mol. The molecular weight excluding hydrogens is 640 g/mol. The zero-order chi connectivity index (χ0) is 28.0. The van der Waals surface area contributed by atoms with Gasteiger partial charge in [0, 0.05) is 20.4 Å². The van der Waals surface area contributed by atoms with Crippen molar-refractivity contribution >= 4 is 37.1 Å². The maximum atomic E-state index is 8.49. The summed E-state index contributed by atoms with van der Waals surface area (Å²) in [5.41, 5.74) is 1.10. The van der Waals surface area contributed by atoms with Crippen LogP contribution in [0.25, 0.3) is 0 Å². The first kappa shape index (κ1) is 35.3. The maximum Gasteiger partial charge on any atom is 0 e. The Morgan fingerprint density at radius 2 is 0.692 bits per heavy atom. The topological polar surface area (TPSA) is 92.2 Å². The van der Waals surface area contributed by atoms with Crippen LogP contribution in [0.1, 0.15) is 20.8 Å². The molecule has 0 bridgehead atoms. The van der Waals surface area contributed by atoms with Gasteiger partial charge < -0.3 is 0 Å². The Labute approximate surface area is 251 Å². The second-order valence-corrected chi connectivity index (χ2v) is 14.3. The van der Waals surface area contributed by atoms with Gasteiger partial charge in [-0.1, -0.05) is 141 Å². The van der Waals surface area contributed by atoms with Gasteiger partial charge >= 0.3 is 0 Å². The fourth-order valence-electron chi connectivity index (χ4n) is 4.02. The molecule has 4 nitrogen and oxygen atoms in total. The minimum absolute atomic E-state index is 0. The minimum Gasteiger partial charge on any atom is -0.222 e. The van der Waals surface area contributed by atoms with Crippen LogP contribution in [0, 0.1) is 10.2 Å². The van der Waals surface area contributed by atoms with Crippen molar-refractivity contribution in [2.24, 2.45) is 0 Å². The zero-order valence-electron chi connectivity index (χ0n) is 22.2. The van der Waals surface area contributed by atoms with Gasteiger partial charge in [0.15, 0.2) is 0 Å². The van der Waals surface area contributed by atoms with E-state index in [1.54, 1.807) is 6.08 Å². The fourth-order valence-corrected chi connectivity index (χ4v) is 10.1. The van der Waals surface area contributed by atoms with Crippen LogP contribution in [-0.2, 0) is 20.4 Å². The molecule has 0 aliphatic heterocycles. The summed E-state index contributed by atoms with van der Waals surface area (Å²) in [5.74, 6) is 0. The Kier molecular flexibility index (Phi) is 16.8. The molecule has 210 valence electrons. The molecule has 0 aromatic heterocycles. The van der Waals surface area contributed by atoms with Crippen molar-refractivity contribution in [1.29, 1.82) is 0 Å². The summed E-state index contributed by atoms with van der Waals surface area (Å²) in [7, 11) is -5.84. The summed E-state index contributed by atoms with van der Waals surface area (Å²) in [6.07, 6.45) is 1.75. The molecule has 0 fully saturated rings. The van der Waals surface area contributed by atoms with E-state index in [0.717, 1.165) is 0 Å². The number of hydrogen-bond donors (Lipinski definition) is 0. The van der Waals surface area contributed by atoms with Gasteiger partial charge in [0.05, 0.1) is 0 Å². The summed E-state index contributed by atoms with van der Waals surface area (Å²) in [5, 5.41) is 5.87. The molecule has 4 rings (SSSR count). The maximum absolute atomic E-state index is 8.49. The minimum atomic E-state index is -4.94.